The fourth-order valence-electron chi connectivity index (χ4n) is 5.29. The zero-order valence-electron chi connectivity index (χ0n) is 21.7. The fourth-order valence-corrected chi connectivity index (χ4v) is 5.29. The van der Waals surface area contributed by atoms with Crippen LogP contribution in [-0.4, -0.2) is 48.7 Å². The Morgan fingerprint density at radius 2 is 2.05 bits per heavy atom. The monoisotopic (exact) mass is 507 g/mol. The van der Waals surface area contributed by atoms with Crippen LogP contribution in [0.4, 0.5) is 14.9 Å². The van der Waals surface area contributed by atoms with Gasteiger partial charge in [0.15, 0.2) is 0 Å². The van der Waals surface area contributed by atoms with E-state index in [1.54, 1.807) is 6.07 Å². The number of alkyl carbamates (subject to hydrolysis) is 1. The minimum Gasteiger partial charge on any atom is -0.487 e. The van der Waals surface area contributed by atoms with Crippen molar-refractivity contribution in [3.8, 4) is 0 Å². The topological polar surface area (TPSA) is 79.9 Å². The molecule has 2 aromatic carbocycles. The maximum Gasteiger partial charge on any atom is 0.407 e. The summed E-state index contributed by atoms with van der Waals surface area (Å²) in [4.78, 5) is 27.1. The van der Waals surface area contributed by atoms with E-state index < -0.39 is 5.60 Å². The number of anilines is 1. The number of nitrogens with zero attached hydrogens (tertiary/aromatic N) is 1. The van der Waals surface area contributed by atoms with Crippen molar-refractivity contribution in [2.45, 2.75) is 52.2 Å². The maximum atomic E-state index is 13.9. The molecule has 37 heavy (non-hydrogen) atoms. The Morgan fingerprint density at radius 3 is 2.86 bits per heavy atom. The van der Waals surface area contributed by atoms with Gasteiger partial charge >= 0.3 is 6.09 Å². The Hall–Kier alpha value is -3.39. The number of piperidine rings is 1. The molecule has 2 amide bonds. The summed E-state index contributed by atoms with van der Waals surface area (Å²) in [5, 5.41) is 5.72. The molecular weight excluding hydrogens is 473 g/mol. The predicted molar refractivity (Wildman–Crippen MR) is 140 cm³/mol. The van der Waals surface area contributed by atoms with Gasteiger partial charge in [0.1, 0.15) is 23.8 Å². The summed E-state index contributed by atoms with van der Waals surface area (Å²) in [6.45, 7) is 9.55. The van der Waals surface area contributed by atoms with Crippen molar-refractivity contribution < 1.29 is 23.5 Å². The average molecular weight is 508 g/mol. The molecule has 3 aliphatic rings. The first-order valence-electron chi connectivity index (χ1n) is 13.0. The third-order valence-corrected chi connectivity index (χ3v) is 6.99. The molecule has 3 heterocycles. The molecule has 196 valence electrons. The smallest absolute Gasteiger partial charge is 0.407 e. The van der Waals surface area contributed by atoms with Gasteiger partial charge in [0.25, 0.3) is 5.91 Å². The Kier molecular flexibility index (Phi) is 6.94. The van der Waals surface area contributed by atoms with E-state index in [-0.39, 0.29) is 17.8 Å². The number of ether oxygens (including phenoxy) is 2. The second-order valence-corrected chi connectivity index (χ2v) is 11.1. The fraction of sp³-hybridized carbons (Fsp3) is 0.448. The lowest BCUT2D eigenvalue weighted by molar-refractivity contribution is -0.110. The van der Waals surface area contributed by atoms with Gasteiger partial charge in [0.05, 0.1) is 5.57 Å². The molecular formula is C29H34FN3O4. The van der Waals surface area contributed by atoms with Crippen molar-refractivity contribution in [3.05, 3.63) is 64.5 Å². The van der Waals surface area contributed by atoms with E-state index in [0.29, 0.717) is 41.7 Å². The molecule has 1 atom stereocenters. The van der Waals surface area contributed by atoms with E-state index in [1.807, 2.05) is 26.8 Å². The van der Waals surface area contributed by atoms with Crippen molar-refractivity contribution in [1.29, 1.82) is 0 Å². The largest absolute Gasteiger partial charge is 0.487 e. The lowest BCUT2D eigenvalue weighted by Crippen LogP contribution is -2.42. The van der Waals surface area contributed by atoms with Gasteiger partial charge in [-0.15, -0.1) is 0 Å². The van der Waals surface area contributed by atoms with Crippen LogP contribution in [0.2, 0.25) is 0 Å². The first-order valence-corrected chi connectivity index (χ1v) is 13.0. The quantitative estimate of drug-likeness (QED) is 0.560. The molecule has 8 heteroatoms. The molecule has 7 nitrogen and oxygen atoms in total. The van der Waals surface area contributed by atoms with Gasteiger partial charge in [0, 0.05) is 42.0 Å². The highest BCUT2D eigenvalue weighted by Crippen LogP contribution is 2.42. The maximum absolute atomic E-state index is 13.9. The van der Waals surface area contributed by atoms with Gasteiger partial charge in [-0.1, -0.05) is 18.2 Å². The van der Waals surface area contributed by atoms with Gasteiger partial charge in [0.2, 0.25) is 0 Å². The number of halogens is 1. The minimum atomic E-state index is -0.493. The zero-order chi connectivity index (χ0) is 26.2. The molecule has 0 spiro atoms. The summed E-state index contributed by atoms with van der Waals surface area (Å²) in [5.41, 5.74) is 4.17. The minimum absolute atomic E-state index is 0.270. The van der Waals surface area contributed by atoms with Crippen LogP contribution in [0, 0.1) is 11.7 Å². The van der Waals surface area contributed by atoms with Crippen LogP contribution in [0.15, 0.2) is 36.4 Å². The highest BCUT2D eigenvalue weighted by Gasteiger charge is 2.33. The van der Waals surface area contributed by atoms with Crippen LogP contribution in [-0.2, 0) is 27.3 Å². The van der Waals surface area contributed by atoms with Crippen LogP contribution in [0.3, 0.4) is 0 Å². The van der Waals surface area contributed by atoms with Gasteiger partial charge in [-0.2, -0.15) is 0 Å². The number of carbonyl (C=O) groups excluding carboxylic acids is 2. The Labute approximate surface area is 217 Å². The second kappa shape index (κ2) is 10.2. The highest BCUT2D eigenvalue weighted by molar-refractivity contribution is 6.36. The van der Waals surface area contributed by atoms with E-state index in [2.05, 4.69) is 27.7 Å². The lowest BCUT2D eigenvalue weighted by atomic mass is 9.96. The molecule has 5 rings (SSSR count). The average Bonchev–Trinajstić information content (AvgIpc) is 3.39. The summed E-state index contributed by atoms with van der Waals surface area (Å²) in [7, 11) is 0. The first-order chi connectivity index (χ1) is 17.7. The predicted octanol–water partition coefficient (Wildman–Crippen LogP) is 4.96. The summed E-state index contributed by atoms with van der Waals surface area (Å²) >= 11 is 0. The third kappa shape index (κ3) is 5.80. The molecule has 0 aromatic heterocycles. The number of benzene rings is 2. The molecule has 0 saturated carbocycles. The molecule has 0 aliphatic carbocycles. The molecule has 2 N–H and O–H groups in total. The van der Waals surface area contributed by atoms with Gasteiger partial charge in [-0.05, 0) is 76.3 Å². The van der Waals surface area contributed by atoms with Crippen molar-refractivity contribution in [2.24, 2.45) is 5.92 Å². The van der Waals surface area contributed by atoms with Crippen molar-refractivity contribution in [3.63, 3.8) is 0 Å². The summed E-state index contributed by atoms with van der Waals surface area (Å²) < 4.78 is 25.2. The molecule has 1 saturated heterocycles. The highest BCUT2D eigenvalue weighted by atomic mass is 19.1. The van der Waals surface area contributed by atoms with Crippen LogP contribution in [0.1, 0.15) is 55.9 Å². The summed E-state index contributed by atoms with van der Waals surface area (Å²) in [6, 6.07) is 10.5. The Balaban J connectivity index is 1.20. The summed E-state index contributed by atoms with van der Waals surface area (Å²) in [6.07, 6.45) is 2.75. The number of nitrogens with one attached hydrogen (secondary N) is 2. The Morgan fingerprint density at radius 1 is 1.22 bits per heavy atom. The van der Waals surface area contributed by atoms with Crippen LogP contribution in [0.5, 0.6) is 0 Å². The molecule has 3 aliphatic heterocycles. The number of hydrogen-bond donors (Lipinski definition) is 2. The first kappa shape index (κ1) is 25.3. The number of likely N-dealkylation sites (tertiary alicyclic amines) is 1. The van der Waals surface area contributed by atoms with Crippen molar-refractivity contribution in [1.82, 2.24) is 10.2 Å². The lowest BCUT2D eigenvalue weighted by Gasteiger charge is -2.33. The Bertz CT molecular complexity index is 1250. The molecule has 0 radical (unpaired) electrons. The number of amides is 2. The number of carbonyl (C=O) groups is 2. The number of hydrogen-bond acceptors (Lipinski definition) is 5. The van der Waals surface area contributed by atoms with E-state index in [4.69, 9.17) is 9.47 Å². The normalized spacial score (nSPS) is 21.2. The standard InChI is InChI=1S/C29H34FN3O4/c1-29(2,3)37-28(35)31-15-19-5-4-11-33(16-19)12-10-18-6-8-22-20(13-18)17-36-26(22)25-23-14-21(30)7-9-24(23)32-27(25)34/h6-9,13-14,19H,4-5,10-12,15-17H2,1-3H3,(H,31,35)(H,32,34). The number of fused-ring (bicyclic) bond motifs is 2. The van der Waals surface area contributed by atoms with E-state index >= 15 is 0 Å². The molecule has 0 bridgehead atoms. The van der Waals surface area contributed by atoms with E-state index in [1.165, 1.54) is 17.7 Å². The van der Waals surface area contributed by atoms with Crippen LogP contribution >= 0.6 is 0 Å². The molecule has 2 aromatic rings. The van der Waals surface area contributed by atoms with Gasteiger partial charge in [-0.25, -0.2) is 9.18 Å². The summed E-state index contributed by atoms with van der Waals surface area (Å²) in [5.74, 6) is 0.268. The van der Waals surface area contributed by atoms with Crippen LogP contribution < -0.4 is 10.6 Å². The molecule has 1 fully saturated rings. The number of rotatable bonds is 5. The van der Waals surface area contributed by atoms with Gasteiger partial charge < -0.3 is 25.0 Å². The van der Waals surface area contributed by atoms with Crippen molar-refractivity contribution >= 4 is 29.0 Å². The second-order valence-electron chi connectivity index (χ2n) is 11.1. The zero-order valence-corrected chi connectivity index (χ0v) is 21.7. The third-order valence-electron chi connectivity index (χ3n) is 6.99. The SMILES string of the molecule is CC(C)(C)OC(=O)NCC1CCCN(CCc2ccc3c(c2)COC3=C2C(=O)Nc3ccc(F)cc32)C1. The van der Waals surface area contributed by atoms with Crippen LogP contribution in [0.25, 0.3) is 11.3 Å². The van der Waals surface area contributed by atoms with E-state index in [9.17, 15) is 14.0 Å². The van der Waals surface area contributed by atoms with Crippen molar-refractivity contribution in [2.75, 3.05) is 31.5 Å². The van der Waals surface area contributed by atoms with Gasteiger partial charge in [-0.3, -0.25) is 4.79 Å². The molecule has 1 unspecified atom stereocenters. The van der Waals surface area contributed by atoms with E-state index in [0.717, 1.165) is 50.0 Å².